The molecular formula is C13H15F5N2O. The zero-order chi connectivity index (χ0) is 16.0. The molecule has 0 aliphatic heterocycles. The Bertz CT molecular complexity index is 470. The SMILES string of the molecule is CC(NCCc1cc(F)cc(F)c1)C(=O)NCC(F)(F)F. The van der Waals surface area contributed by atoms with Crippen molar-refractivity contribution in [2.24, 2.45) is 0 Å². The average molecular weight is 310 g/mol. The fourth-order valence-electron chi connectivity index (χ4n) is 1.62. The molecular weight excluding hydrogens is 295 g/mol. The van der Waals surface area contributed by atoms with Gasteiger partial charge in [-0.15, -0.1) is 0 Å². The summed E-state index contributed by atoms with van der Waals surface area (Å²) in [6.45, 7) is 0.203. The predicted molar refractivity (Wildman–Crippen MR) is 66.6 cm³/mol. The van der Waals surface area contributed by atoms with Crippen LogP contribution >= 0.6 is 0 Å². The summed E-state index contributed by atoms with van der Waals surface area (Å²) >= 11 is 0. The molecule has 0 aromatic heterocycles. The zero-order valence-electron chi connectivity index (χ0n) is 11.2. The van der Waals surface area contributed by atoms with E-state index in [2.05, 4.69) is 5.32 Å². The quantitative estimate of drug-likeness (QED) is 0.791. The van der Waals surface area contributed by atoms with Gasteiger partial charge in [0.05, 0.1) is 6.04 Å². The number of hydrogen-bond acceptors (Lipinski definition) is 2. The summed E-state index contributed by atoms with van der Waals surface area (Å²) in [5.74, 6) is -2.21. The van der Waals surface area contributed by atoms with Crippen molar-refractivity contribution in [1.29, 1.82) is 0 Å². The molecule has 0 fully saturated rings. The topological polar surface area (TPSA) is 41.1 Å². The number of carbonyl (C=O) groups excluding carboxylic acids is 1. The number of nitrogens with one attached hydrogen (secondary N) is 2. The number of amides is 1. The van der Waals surface area contributed by atoms with Gasteiger partial charge in [-0.1, -0.05) is 0 Å². The first-order chi connectivity index (χ1) is 9.67. The van der Waals surface area contributed by atoms with Crippen LogP contribution in [0.5, 0.6) is 0 Å². The lowest BCUT2D eigenvalue weighted by Gasteiger charge is -2.15. The third-order valence-corrected chi connectivity index (χ3v) is 2.64. The molecule has 0 radical (unpaired) electrons. The van der Waals surface area contributed by atoms with Crippen molar-refractivity contribution in [3.8, 4) is 0 Å². The molecule has 118 valence electrons. The molecule has 0 aliphatic carbocycles. The highest BCUT2D eigenvalue weighted by molar-refractivity contribution is 5.81. The van der Waals surface area contributed by atoms with Gasteiger partial charge in [0.25, 0.3) is 0 Å². The van der Waals surface area contributed by atoms with Crippen molar-refractivity contribution in [2.75, 3.05) is 13.1 Å². The van der Waals surface area contributed by atoms with Gasteiger partial charge in [-0.2, -0.15) is 13.2 Å². The van der Waals surface area contributed by atoms with E-state index >= 15 is 0 Å². The molecule has 1 rings (SSSR count). The molecule has 1 aromatic rings. The van der Waals surface area contributed by atoms with Crippen LogP contribution in [0.3, 0.4) is 0 Å². The van der Waals surface area contributed by atoms with Crippen molar-refractivity contribution in [1.82, 2.24) is 10.6 Å². The van der Waals surface area contributed by atoms with E-state index in [1.54, 1.807) is 5.32 Å². The summed E-state index contributed by atoms with van der Waals surface area (Å²) in [6, 6.07) is 2.20. The molecule has 0 saturated heterocycles. The highest BCUT2D eigenvalue weighted by Gasteiger charge is 2.28. The van der Waals surface area contributed by atoms with Gasteiger partial charge >= 0.3 is 6.18 Å². The van der Waals surface area contributed by atoms with E-state index in [9.17, 15) is 26.7 Å². The summed E-state index contributed by atoms with van der Waals surface area (Å²) in [6.07, 6.45) is -4.22. The number of carbonyl (C=O) groups is 1. The number of alkyl halides is 3. The Kier molecular flexibility index (Phi) is 6.07. The van der Waals surface area contributed by atoms with Gasteiger partial charge in [0.1, 0.15) is 18.2 Å². The Morgan fingerprint density at radius 3 is 2.29 bits per heavy atom. The second kappa shape index (κ2) is 7.35. The molecule has 0 bridgehead atoms. The minimum absolute atomic E-state index is 0.198. The van der Waals surface area contributed by atoms with Gasteiger partial charge in [-0.05, 0) is 37.6 Å². The lowest BCUT2D eigenvalue weighted by Crippen LogP contribution is -2.45. The van der Waals surface area contributed by atoms with Crippen LogP contribution in [0.1, 0.15) is 12.5 Å². The van der Waals surface area contributed by atoms with Crippen LogP contribution in [0.2, 0.25) is 0 Å². The average Bonchev–Trinajstić information content (AvgIpc) is 2.33. The first kappa shape index (κ1) is 17.4. The van der Waals surface area contributed by atoms with E-state index in [0.717, 1.165) is 18.2 Å². The predicted octanol–water partition coefficient (Wildman–Crippen LogP) is 2.16. The van der Waals surface area contributed by atoms with Crippen LogP contribution in [0, 0.1) is 11.6 Å². The largest absolute Gasteiger partial charge is 0.405 e. The number of halogens is 5. The molecule has 21 heavy (non-hydrogen) atoms. The maximum Gasteiger partial charge on any atom is 0.405 e. The molecule has 1 aromatic carbocycles. The van der Waals surface area contributed by atoms with E-state index in [-0.39, 0.29) is 13.0 Å². The van der Waals surface area contributed by atoms with Crippen LogP contribution in [0.15, 0.2) is 18.2 Å². The van der Waals surface area contributed by atoms with E-state index in [4.69, 9.17) is 0 Å². The summed E-state index contributed by atoms with van der Waals surface area (Å²) < 4.78 is 61.6. The van der Waals surface area contributed by atoms with Crippen LogP contribution in [0.25, 0.3) is 0 Å². The number of benzene rings is 1. The molecule has 1 unspecified atom stereocenters. The maximum atomic E-state index is 12.9. The van der Waals surface area contributed by atoms with Gasteiger partial charge < -0.3 is 10.6 Å². The fourth-order valence-corrected chi connectivity index (χ4v) is 1.62. The molecule has 1 amide bonds. The summed E-state index contributed by atoms with van der Waals surface area (Å²) in [5.41, 5.74) is 0.392. The molecule has 0 aliphatic rings. The lowest BCUT2D eigenvalue weighted by atomic mass is 10.1. The normalized spacial score (nSPS) is 13.0. The zero-order valence-corrected chi connectivity index (χ0v) is 11.2. The maximum absolute atomic E-state index is 12.9. The first-order valence-corrected chi connectivity index (χ1v) is 6.20. The van der Waals surface area contributed by atoms with Crippen LogP contribution in [-0.2, 0) is 11.2 Å². The summed E-state index contributed by atoms with van der Waals surface area (Å²) in [5, 5.41) is 4.42. The first-order valence-electron chi connectivity index (χ1n) is 6.20. The Balaban J connectivity index is 2.36. The molecule has 0 heterocycles. The highest BCUT2D eigenvalue weighted by Crippen LogP contribution is 2.12. The smallest absolute Gasteiger partial charge is 0.346 e. The van der Waals surface area contributed by atoms with Crippen LogP contribution in [0.4, 0.5) is 22.0 Å². The number of hydrogen-bond donors (Lipinski definition) is 2. The Morgan fingerprint density at radius 2 is 1.76 bits per heavy atom. The van der Waals surface area contributed by atoms with Crippen molar-refractivity contribution in [3.05, 3.63) is 35.4 Å². The summed E-state index contributed by atoms with van der Waals surface area (Å²) in [4.78, 5) is 11.3. The lowest BCUT2D eigenvalue weighted by molar-refractivity contribution is -0.139. The molecule has 0 spiro atoms. The molecule has 3 nitrogen and oxygen atoms in total. The van der Waals surface area contributed by atoms with Crippen molar-refractivity contribution >= 4 is 5.91 Å². The van der Waals surface area contributed by atoms with Crippen molar-refractivity contribution in [2.45, 2.75) is 25.6 Å². The number of rotatable bonds is 6. The standard InChI is InChI=1S/C13H15F5N2O/c1-8(12(21)20-7-13(16,17)18)19-3-2-9-4-10(14)6-11(15)5-9/h4-6,8,19H,2-3,7H2,1H3,(H,20,21). The Labute approximate surface area is 118 Å². The van der Waals surface area contributed by atoms with Gasteiger partial charge in [0.2, 0.25) is 5.91 Å². The van der Waals surface area contributed by atoms with Crippen LogP contribution in [-0.4, -0.2) is 31.2 Å². The van der Waals surface area contributed by atoms with E-state index in [0.29, 0.717) is 5.56 Å². The second-order valence-corrected chi connectivity index (χ2v) is 4.54. The minimum atomic E-state index is -4.46. The van der Waals surface area contributed by atoms with Gasteiger partial charge in [-0.25, -0.2) is 8.78 Å². The monoisotopic (exact) mass is 310 g/mol. The van der Waals surface area contributed by atoms with Gasteiger partial charge in [0.15, 0.2) is 0 Å². The molecule has 1 atom stereocenters. The van der Waals surface area contributed by atoms with E-state index in [1.165, 1.54) is 6.92 Å². The van der Waals surface area contributed by atoms with Gasteiger partial charge in [-0.3, -0.25) is 4.79 Å². The third kappa shape index (κ3) is 7.03. The van der Waals surface area contributed by atoms with Gasteiger partial charge in [0, 0.05) is 6.07 Å². The molecule has 8 heteroatoms. The van der Waals surface area contributed by atoms with Crippen molar-refractivity contribution in [3.63, 3.8) is 0 Å². The molecule has 0 saturated carbocycles. The Hall–Kier alpha value is -1.70. The van der Waals surface area contributed by atoms with E-state index < -0.39 is 36.3 Å². The van der Waals surface area contributed by atoms with E-state index in [1.807, 2.05) is 0 Å². The van der Waals surface area contributed by atoms with Crippen molar-refractivity contribution < 1.29 is 26.7 Å². The Morgan fingerprint density at radius 1 is 1.19 bits per heavy atom. The fraction of sp³-hybridized carbons (Fsp3) is 0.462. The highest BCUT2D eigenvalue weighted by atomic mass is 19.4. The molecule has 2 N–H and O–H groups in total. The summed E-state index contributed by atoms with van der Waals surface area (Å²) in [7, 11) is 0. The third-order valence-electron chi connectivity index (χ3n) is 2.64. The minimum Gasteiger partial charge on any atom is -0.346 e. The second-order valence-electron chi connectivity index (χ2n) is 4.54. The van der Waals surface area contributed by atoms with Crippen LogP contribution < -0.4 is 10.6 Å².